The normalized spacial score (nSPS) is 12.1. The summed E-state index contributed by atoms with van der Waals surface area (Å²) in [5, 5.41) is 8.79. The molecule has 1 N–H and O–H groups in total. The fraction of sp³-hybridized carbons (Fsp3) is 0.167. The van der Waals surface area contributed by atoms with Crippen LogP contribution in [0.3, 0.4) is 0 Å². The summed E-state index contributed by atoms with van der Waals surface area (Å²) in [5.41, 5.74) is 2.90. The van der Waals surface area contributed by atoms with E-state index in [-0.39, 0.29) is 17.8 Å². The molecule has 0 fully saturated rings. The number of fused-ring (bicyclic) bond motifs is 1. The topological polar surface area (TPSA) is 46.9 Å². The Hall–Kier alpha value is -3.47. The number of rotatable bonds is 6. The zero-order chi connectivity index (χ0) is 20.2. The predicted molar refractivity (Wildman–Crippen MR) is 112 cm³/mol. The Labute approximate surface area is 169 Å². The highest BCUT2D eigenvalue weighted by molar-refractivity contribution is 5.87. The number of hydrogen-bond acceptors (Lipinski definition) is 2. The van der Waals surface area contributed by atoms with Crippen LogP contribution in [0.4, 0.5) is 4.39 Å². The van der Waals surface area contributed by atoms with Gasteiger partial charge in [-0.25, -0.2) is 9.07 Å². The second-order valence-electron chi connectivity index (χ2n) is 7.10. The summed E-state index contributed by atoms with van der Waals surface area (Å²) in [5.74, 6) is -0.295. The summed E-state index contributed by atoms with van der Waals surface area (Å²) in [7, 11) is 0. The van der Waals surface area contributed by atoms with Crippen LogP contribution in [-0.4, -0.2) is 15.7 Å². The maximum absolute atomic E-state index is 14.0. The number of aromatic nitrogens is 2. The summed E-state index contributed by atoms with van der Waals surface area (Å²) in [6.45, 7) is 1.92. The van der Waals surface area contributed by atoms with Gasteiger partial charge in [-0.3, -0.25) is 4.79 Å². The summed E-state index contributed by atoms with van der Waals surface area (Å²) < 4.78 is 15.8. The molecule has 4 rings (SSSR count). The van der Waals surface area contributed by atoms with Gasteiger partial charge in [-0.1, -0.05) is 48.5 Å². The molecule has 29 heavy (non-hydrogen) atoms. The van der Waals surface area contributed by atoms with Gasteiger partial charge in [0.25, 0.3) is 0 Å². The van der Waals surface area contributed by atoms with Crippen LogP contribution in [-0.2, 0) is 11.2 Å². The first-order valence-electron chi connectivity index (χ1n) is 9.67. The maximum atomic E-state index is 14.0. The SMILES string of the molecule is CC(NC(=O)CCc1cnn(-c2ccccc2)c1)c1ccc(F)c2ccccc12. The smallest absolute Gasteiger partial charge is 0.220 e. The Balaban J connectivity index is 1.39. The van der Waals surface area contributed by atoms with Gasteiger partial charge in [0.1, 0.15) is 5.82 Å². The van der Waals surface area contributed by atoms with E-state index in [0.29, 0.717) is 18.2 Å². The number of halogens is 1. The van der Waals surface area contributed by atoms with Crippen molar-refractivity contribution in [3.8, 4) is 5.69 Å². The van der Waals surface area contributed by atoms with E-state index in [1.165, 1.54) is 6.07 Å². The number of nitrogens with zero attached hydrogens (tertiary/aromatic N) is 2. The fourth-order valence-corrected chi connectivity index (χ4v) is 3.52. The van der Waals surface area contributed by atoms with Gasteiger partial charge in [-0.05, 0) is 48.1 Å². The lowest BCUT2D eigenvalue weighted by molar-refractivity contribution is -0.121. The van der Waals surface area contributed by atoms with Crippen molar-refractivity contribution in [2.45, 2.75) is 25.8 Å². The van der Waals surface area contributed by atoms with Crippen LogP contribution in [0.5, 0.6) is 0 Å². The second-order valence-corrected chi connectivity index (χ2v) is 7.10. The Bertz CT molecular complexity index is 1140. The molecule has 0 bridgehead atoms. The molecule has 0 aliphatic carbocycles. The minimum Gasteiger partial charge on any atom is -0.350 e. The average molecular weight is 387 g/mol. The number of carbonyl (C=O) groups excluding carboxylic acids is 1. The average Bonchev–Trinajstić information content (AvgIpc) is 3.22. The second kappa shape index (κ2) is 8.27. The third kappa shape index (κ3) is 4.19. The van der Waals surface area contributed by atoms with Crippen molar-refractivity contribution in [3.05, 3.63) is 96.1 Å². The van der Waals surface area contributed by atoms with Crippen molar-refractivity contribution in [1.29, 1.82) is 0 Å². The molecule has 3 aromatic carbocycles. The third-order valence-electron chi connectivity index (χ3n) is 5.05. The molecule has 0 aliphatic rings. The molecule has 4 nitrogen and oxygen atoms in total. The molecule has 1 atom stereocenters. The van der Waals surface area contributed by atoms with E-state index in [2.05, 4.69) is 10.4 Å². The van der Waals surface area contributed by atoms with E-state index >= 15 is 0 Å². The minimum atomic E-state index is -0.252. The van der Waals surface area contributed by atoms with Crippen molar-refractivity contribution in [2.24, 2.45) is 0 Å². The molecule has 1 aromatic heterocycles. The Kier molecular flexibility index (Phi) is 5.38. The van der Waals surface area contributed by atoms with Crippen LogP contribution in [0, 0.1) is 5.82 Å². The Morgan fingerprint density at radius 2 is 1.76 bits per heavy atom. The molecule has 4 aromatic rings. The van der Waals surface area contributed by atoms with Crippen molar-refractivity contribution in [1.82, 2.24) is 15.1 Å². The van der Waals surface area contributed by atoms with Crippen LogP contribution in [0.15, 0.2) is 79.1 Å². The van der Waals surface area contributed by atoms with Gasteiger partial charge in [-0.2, -0.15) is 5.10 Å². The molecular formula is C24H22FN3O. The van der Waals surface area contributed by atoms with Gasteiger partial charge in [-0.15, -0.1) is 0 Å². The van der Waals surface area contributed by atoms with Gasteiger partial charge >= 0.3 is 0 Å². The quantitative estimate of drug-likeness (QED) is 0.507. The number of nitrogens with one attached hydrogen (secondary N) is 1. The van der Waals surface area contributed by atoms with Crippen molar-refractivity contribution in [2.75, 3.05) is 0 Å². The highest BCUT2D eigenvalue weighted by atomic mass is 19.1. The van der Waals surface area contributed by atoms with Gasteiger partial charge in [0.2, 0.25) is 5.91 Å². The number of hydrogen-bond donors (Lipinski definition) is 1. The molecule has 1 unspecified atom stereocenters. The highest BCUT2D eigenvalue weighted by Crippen LogP contribution is 2.26. The van der Waals surface area contributed by atoms with Crippen molar-refractivity contribution < 1.29 is 9.18 Å². The zero-order valence-electron chi connectivity index (χ0n) is 16.2. The molecule has 0 saturated heterocycles. The molecule has 0 radical (unpaired) electrons. The number of amides is 1. The van der Waals surface area contributed by atoms with Crippen LogP contribution >= 0.6 is 0 Å². The number of para-hydroxylation sites is 1. The summed E-state index contributed by atoms with van der Waals surface area (Å²) in [6, 6.07) is 20.2. The van der Waals surface area contributed by atoms with Gasteiger partial charge in [0.15, 0.2) is 0 Å². The number of aryl methyl sites for hydroxylation is 1. The minimum absolute atomic E-state index is 0.0432. The van der Waals surface area contributed by atoms with Gasteiger partial charge in [0.05, 0.1) is 17.9 Å². The van der Waals surface area contributed by atoms with Crippen molar-refractivity contribution >= 4 is 16.7 Å². The predicted octanol–water partition coefficient (Wildman–Crippen LogP) is 4.97. The van der Waals surface area contributed by atoms with E-state index in [4.69, 9.17) is 0 Å². The molecule has 1 amide bonds. The molecule has 146 valence electrons. The lowest BCUT2D eigenvalue weighted by Gasteiger charge is -2.17. The first kappa shape index (κ1) is 18.9. The highest BCUT2D eigenvalue weighted by Gasteiger charge is 2.14. The summed E-state index contributed by atoms with van der Waals surface area (Å²) >= 11 is 0. The van der Waals surface area contributed by atoms with E-state index in [1.807, 2.05) is 61.7 Å². The zero-order valence-corrected chi connectivity index (χ0v) is 16.2. The van der Waals surface area contributed by atoms with E-state index in [0.717, 1.165) is 22.2 Å². The van der Waals surface area contributed by atoms with Crippen LogP contribution in [0.2, 0.25) is 0 Å². The molecule has 5 heteroatoms. The van der Waals surface area contributed by atoms with E-state index < -0.39 is 0 Å². The number of carbonyl (C=O) groups is 1. The van der Waals surface area contributed by atoms with E-state index in [9.17, 15) is 9.18 Å². The summed E-state index contributed by atoms with van der Waals surface area (Å²) in [6.07, 6.45) is 4.70. The molecule has 1 heterocycles. The summed E-state index contributed by atoms with van der Waals surface area (Å²) in [4.78, 5) is 12.5. The first-order valence-corrected chi connectivity index (χ1v) is 9.67. The lowest BCUT2D eigenvalue weighted by atomic mass is 9.99. The lowest BCUT2D eigenvalue weighted by Crippen LogP contribution is -2.27. The standard InChI is InChI=1S/C24H22FN3O/c1-17(20-12-13-23(25)22-10-6-5-9-21(20)22)27-24(29)14-11-18-15-26-28(16-18)19-7-3-2-4-8-19/h2-10,12-13,15-17H,11,14H2,1H3,(H,27,29). The Morgan fingerprint density at radius 1 is 1.03 bits per heavy atom. The molecule has 0 aliphatic heterocycles. The van der Waals surface area contributed by atoms with Crippen LogP contribution in [0.1, 0.15) is 30.5 Å². The monoisotopic (exact) mass is 387 g/mol. The largest absolute Gasteiger partial charge is 0.350 e. The molecule has 0 saturated carbocycles. The van der Waals surface area contributed by atoms with E-state index in [1.54, 1.807) is 23.0 Å². The van der Waals surface area contributed by atoms with Gasteiger partial charge in [0, 0.05) is 18.0 Å². The van der Waals surface area contributed by atoms with Crippen LogP contribution < -0.4 is 5.32 Å². The first-order chi connectivity index (χ1) is 14.1. The maximum Gasteiger partial charge on any atom is 0.220 e. The van der Waals surface area contributed by atoms with Crippen LogP contribution in [0.25, 0.3) is 16.5 Å². The molecular weight excluding hydrogens is 365 g/mol. The number of benzene rings is 3. The Morgan fingerprint density at radius 3 is 2.55 bits per heavy atom. The third-order valence-corrected chi connectivity index (χ3v) is 5.05. The fourth-order valence-electron chi connectivity index (χ4n) is 3.52. The molecule has 0 spiro atoms. The van der Waals surface area contributed by atoms with Crippen molar-refractivity contribution in [3.63, 3.8) is 0 Å². The van der Waals surface area contributed by atoms with Gasteiger partial charge < -0.3 is 5.32 Å².